The highest BCUT2D eigenvalue weighted by atomic mass is 79.9. The first-order valence-corrected chi connectivity index (χ1v) is 11.6. The van der Waals surface area contributed by atoms with Crippen molar-refractivity contribution in [2.75, 3.05) is 0 Å². The van der Waals surface area contributed by atoms with E-state index in [0.29, 0.717) is 0 Å². The van der Waals surface area contributed by atoms with E-state index in [2.05, 4.69) is 94.8 Å². The highest BCUT2D eigenvalue weighted by molar-refractivity contribution is 9.10. The van der Waals surface area contributed by atoms with Crippen molar-refractivity contribution in [1.82, 2.24) is 0 Å². The monoisotopic (exact) mass is 466 g/mol. The molecule has 0 saturated heterocycles. The number of benzene rings is 5. The van der Waals surface area contributed by atoms with Crippen LogP contribution in [0.1, 0.15) is 16.7 Å². The minimum absolute atomic E-state index is 0.921. The van der Waals surface area contributed by atoms with Gasteiger partial charge in [-0.25, -0.2) is 0 Å². The number of hydrogen-bond donors (Lipinski definition) is 1. The third-order valence-electron chi connectivity index (χ3n) is 6.50. The fourth-order valence-corrected chi connectivity index (χ4v) is 6.82. The van der Waals surface area contributed by atoms with Crippen molar-refractivity contribution in [1.29, 1.82) is 0 Å². The molecular formula is C27H15BrOS. The molecule has 5 aromatic carbocycles. The minimum Gasteiger partial charge on any atom is -0.376 e. The van der Waals surface area contributed by atoms with Crippen LogP contribution in [0, 0.1) is 0 Å². The van der Waals surface area contributed by atoms with Gasteiger partial charge in [0.1, 0.15) is 5.60 Å². The number of fused-ring (bicyclic) bond motifs is 3. The van der Waals surface area contributed by atoms with Crippen molar-refractivity contribution in [2.45, 2.75) is 5.60 Å². The van der Waals surface area contributed by atoms with Crippen molar-refractivity contribution in [2.24, 2.45) is 0 Å². The van der Waals surface area contributed by atoms with Crippen LogP contribution in [0.25, 0.3) is 41.7 Å². The Morgan fingerprint density at radius 1 is 0.667 bits per heavy atom. The Bertz CT molecular complexity index is 1680. The molecule has 0 amide bonds. The standard InChI is InChI=1S/C27H15BrOS/c28-18-12-16-9-8-15-4-3-6-21-25(15)26(16)22(14-18)27(21,29)17-10-11-20-19-5-1-2-7-23(19)30-24(20)13-17/h1-14,29H. The van der Waals surface area contributed by atoms with Crippen LogP contribution in [-0.4, -0.2) is 5.11 Å². The summed E-state index contributed by atoms with van der Waals surface area (Å²) in [5.41, 5.74) is 1.68. The molecule has 30 heavy (non-hydrogen) atoms. The van der Waals surface area contributed by atoms with E-state index < -0.39 is 5.60 Å². The van der Waals surface area contributed by atoms with E-state index in [-0.39, 0.29) is 0 Å². The maximum Gasteiger partial charge on any atom is 0.141 e. The highest BCUT2D eigenvalue weighted by Crippen LogP contribution is 2.52. The minimum atomic E-state index is -1.17. The van der Waals surface area contributed by atoms with Crippen LogP contribution in [0.5, 0.6) is 0 Å². The average Bonchev–Trinajstić information content (AvgIpc) is 3.26. The van der Waals surface area contributed by atoms with E-state index in [0.717, 1.165) is 37.3 Å². The Balaban J connectivity index is 1.60. The lowest BCUT2D eigenvalue weighted by Gasteiger charge is -2.27. The van der Waals surface area contributed by atoms with Gasteiger partial charge in [-0.15, -0.1) is 11.3 Å². The zero-order chi connectivity index (χ0) is 20.0. The molecule has 1 unspecified atom stereocenters. The summed E-state index contributed by atoms with van der Waals surface area (Å²) >= 11 is 5.45. The van der Waals surface area contributed by atoms with E-state index in [1.54, 1.807) is 11.3 Å². The lowest BCUT2D eigenvalue weighted by atomic mass is 9.83. The largest absolute Gasteiger partial charge is 0.376 e. The molecule has 3 heteroatoms. The van der Waals surface area contributed by atoms with Gasteiger partial charge in [-0.1, -0.05) is 76.6 Å². The summed E-state index contributed by atoms with van der Waals surface area (Å²) in [6.07, 6.45) is 0. The van der Waals surface area contributed by atoms with Crippen LogP contribution in [0.4, 0.5) is 0 Å². The second kappa shape index (κ2) is 5.70. The Labute approximate surface area is 185 Å². The lowest BCUT2D eigenvalue weighted by Crippen LogP contribution is -2.26. The number of hydrogen-bond acceptors (Lipinski definition) is 2. The highest BCUT2D eigenvalue weighted by Gasteiger charge is 2.42. The summed E-state index contributed by atoms with van der Waals surface area (Å²) in [4.78, 5) is 0. The molecule has 1 heterocycles. The molecule has 1 nitrogen and oxygen atoms in total. The van der Waals surface area contributed by atoms with Gasteiger partial charge >= 0.3 is 0 Å². The summed E-state index contributed by atoms with van der Waals surface area (Å²) < 4.78 is 3.47. The number of aliphatic hydroxyl groups is 1. The summed E-state index contributed by atoms with van der Waals surface area (Å²) in [6.45, 7) is 0. The van der Waals surface area contributed by atoms with Gasteiger partial charge in [-0.3, -0.25) is 0 Å². The molecule has 1 aliphatic carbocycles. The van der Waals surface area contributed by atoms with Crippen molar-refractivity contribution >= 4 is 69.0 Å². The molecule has 6 aromatic rings. The van der Waals surface area contributed by atoms with Crippen LogP contribution < -0.4 is 0 Å². The van der Waals surface area contributed by atoms with E-state index >= 15 is 0 Å². The fourth-order valence-electron chi connectivity index (χ4n) is 5.20. The summed E-state index contributed by atoms with van der Waals surface area (Å²) in [6, 6.07) is 29.7. The molecule has 1 atom stereocenters. The van der Waals surface area contributed by atoms with Crippen LogP contribution in [0.15, 0.2) is 89.4 Å². The first-order chi connectivity index (χ1) is 14.6. The zero-order valence-corrected chi connectivity index (χ0v) is 18.2. The van der Waals surface area contributed by atoms with E-state index in [1.165, 1.54) is 25.6 Å². The maximum atomic E-state index is 12.4. The zero-order valence-electron chi connectivity index (χ0n) is 15.8. The molecule has 0 spiro atoms. The van der Waals surface area contributed by atoms with Gasteiger partial charge < -0.3 is 5.11 Å². The van der Waals surface area contributed by atoms with Gasteiger partial charge in [0.05, 0.1) is 0 Å². The normalized spacial score (nSPS) is 17.8. The van der Waals surface area contributed by atoms with Crippen LogP contribution >= 0.6 is 27.3 Å². The van der Waals surface area contributed by atoms with Gasteiger partial charge in [-0.2, -0.15) is 0 Å². The third kappa shape index (κ3) is 2.00. The predicted molar refractivity (Wildman–Crippen MR) is 131 cm³/mol. The SMILES string of the molecule is OC1(c2ccc3c(c2)sc2ccccc23)c2cccc3ccc4cc(Br)cc1c4c23. The number of rotatable bonds is 1. The molecule has 0 saturated carbocycles. The predicted octanol–water partition coefficient (Wildman–Crippen LogP) is 7.72. The van der Waals surface area contributed by atoms with Crippen molar-refractivity contribution in [3.8, 4) is 0 Å². The Kier molecular flexibility index (Phi) is 3.23. The quantitative estimate of drug-likeness (QED) is 0.246. The maximum absolute atomic E-state index is 12.4. The van der Waals surface area contributed by atoms with Gasteiger partial charge in [0.2, 0.25) is 0 Å². The number of halogens is 1. The molecule has 142 valence electrons. The molecular weight excluding hydrogens is 452 g/mol. The summed E-state index contributed by atoms with van der Waals surface area (Å²) in [7, 11) is 0. The van der Waals surface area contributed by atoms with Crippen LogP contribution in [0.3, 0.4) is 0 Å². The lowest BCUT2D eigenvalue weighted by molar-refractivity contribution is 0.131. The first kappa shape index (κ1) is 17.0. The van der Waals surface area contributed by atoms with E-state index in [9.17, 15) is 5.11 Å². The van der Waals surface area contributed by atoms with Gasteiger partial charge in [0.25, 0.3) is 0 Å². The fraction of sp³-hybridized carbons (Fsp3) is 0.0370. The molecule has 1 aromatic heterocycles. The summed E-state index contributed by atoms with van der Waals surface area (Å²) in [5, 5.41) is 19.5. The second-order valence-corrected chi connectivity index (χ2v) is 10.0. The molecule has 0 aliphatic heterocycles. The van der Waals surface area contributed by atoms with E-state index in [1.807, 2.05) is 6.07 Å². The summed E-state index contributed by atoms with van der Waals surface area (Å²) in [5.74, 6) is 0. The molecule has 0 fully saturated rings. The smallest absolute Gasteiger partial charge is 0.141 e. The Hall–Kier alpha value is -2.72. The van der Waals surface area contributed by atoms with E-state index in [4.69, 9.17) is 0 Å². The van der Waals surface area contributed by atoms with Gasteiger partial charge in [0.15, 0.2) is 0 Å². The van der Waals surface area contributed by atoms with Gasteiger partial charge in [0, 0.05) is 35.8 Å². The van der Waals surface area contributed by atoms with Crippen LogP contribution in [0.2, 0.25) is 0 Å². The van der Waals surface area contributed by atoms with Gasteiger partial charge in [-0.05, 0) is 51.4 Å². The van der Waals surface area contributed by atoms with Crippen molar-refractivity contribution < 1.29 is 5.11 Å². The Morgan fingerprint density at radius 3 is 2.40 bits per heavy atom. The molecule has 7 rings (SSSR count). The molecule has 0 bridgehead atoms. The van der Waals surface area contributed by atoms with Crippen molar-refractivity contribution in [3.63, 3.8) is 0 Å². The molecule has 0 radical (unpaired) electrons. The first-order valence-electron chi connectivity index (χ1n) is 9.95. The second-order valence-electron chi connectivity index (χ2n) is 8.04. The van der Waals surface area contributed by atoms with Crippen molar-refractivity contribution in [3.05, 3.63) is 106 Å². The van der Waals surface area contributed by atoms with Crippen LogP contribution in [-0.2, 0) is 5.60 Å². The average molecular weight is 467 g/mol. The molecule has 1 N–H and O–H groups in total. The Morgan fingerprint density at radius 2 is 1.47 bits per heavy atom. The number of thiophene rings is 1. The topological polar surface area (TPSA) is 20.2 Å². The molecule has 1 aliphatic rings. The third-order valence-corrected chi connectivity index (χ3v) is 8.09.